The van der Waals surface area contributed by atoms with Crippen LogP contribution in [0.4, 0.5) is 0 Å². The molecule has 0 bridgehead atoms. The normalized spacial score (nSPS) is 23.0. The van der Waals surface area contributed by atoms with E-state index >= 15 is 0 Å². The molecular formula is C18H27N3O4S. The van der Waals surface area contributed by atoms with Crippen LogP contribution in [0.25, 0.3) is 0 Å². The molecule has 0 spiro atoms. The summed E-state index contributed by atoms with van der Waals surface area (Å²) in [5.41, 5.74) is 0. The molecule has 1 atom stereocenters. The summed E-state index contributed by atoms with van der Waals surface area (Å²) in [5, 5.41) is 3.29. The molecule has 26 heavy (non-hydrogen) atoms. The maximum absolute atomic E-state index is 12.8. The van der Waals surface area contributed by atoms with Crippen molar-refractivity contribution in [1.29, 1.82) is 0 Å². The molecule has 1 aromatic rings. The van der Waals surface area contributed by atoms with Gasteiger partial charge in [0.1, 0.15) is 5.75 Å². The summed E-state index contributed by atoms with van der Waals surface area (Å²) in [4.78, 5) is 15.0. The first kappa shape index (κ1) is 19.1. The zero-order valence-corrected chi connectivity index (χ0v) is 16.2. The Bertz CT molecular complexity index is 727. The van der Waals surface area contributed by atoms with E-state index in [0.29, 0.717) is 31.7 Å². The van der Waals surface area contributed by atoms with Gasteiger partial charge < -0.3 is 15.0 Å². The molecule has 144 valence electrons. The molecular weight excluding hydrogens is 354 g/mol. The van der Waals surface area contributed by atoms with Crippen molar-refractivity contribution >= 4 is 15.9 Å². The predicted molar refractivity (Wildman–Crippen MR) is 98.5 cm³/mol. The number of nitrogens with zero attached hydrogens (tertiary/aromatic N) is 2. The molecule has 0 aromatic heterocycles. The van der Waals surface area contributed by atoms with Gasteiger partial charge in [0.15, 0.2) is 0 Å². The summed E-state index contributed by atoms with van der Waals surface area (Å²) in [6.07, 6.45) is 1.15. The average molecular weight is 381 g/mol. The highest BCUT2D eigenvalue weighted by molar-refractivity contribution is 7.89. The summed E-state index contributed by atoms with van der Waals surface area (Å²) >= 11 is 0. The highest BCUT2D eigenvalue weighted by atomic mass is 32.2. The fourth-order valence-corrected chi connectivity index (χ4v) is 5.11. The average Bonchev–Trinajstić information content (AvgIpc) is 2.68. The Kier molecular flexibility index (Phi) is 5.84. The molecule has 0 saturated carbocycles. The van der Waals surface area contributed by atoms with Crippen LogP contribution in [0.1, 0.15) is 19.8 Å². The number of benzene rings is 1. The Morgan fingerprint density at radius 1 is 1.15 bits per heavy atom. The zero-order chi connectivity index (χ0) is 18.7. The molecule has 2 saturated heterocycles. The van der Waals surface area contributed by atoms with E-state index in [1.807, 2.05) is 11.8 Å². The minimum atomic E-state index is -3.53. The summed E-state index contributed by atoms with van der Waals surface area (Å²) in [6, 6.07) is 6.61. The third-order valence-electron chi connectivity index (χ3n) is 5.28. The van der Waals surface area contributed by atoms with Gasteiger partial charge in [0.2, 0.25) is 15.9 Å². The summed E-state index contributed by atoms with van der Waals surface area (Å²) in [7, 11) is -1.98. The molecule has 7 nitrogen and oxygen atoms in total. The van der Waals surface area contributed by atoms with Crippen LogP contribution in [0.2, 0.25) is 0 Å². The van der Waals surface area contributed by atoms with Gasteiger partial charge in [-0.05, 0) is 44.0 Å². The monoisotopic (exact) mass is 381 g/mol. The van der Waals surface area contributed by atoms with Gasteiger partial charge in [0, 0.05) is 44.7 Å². The first-order valence-electron chi connectivity index (χ1n) is 9.09. The fourth-order valence-electron chi connectivity index (χ4n) is 3.64. The van der Waals surface area contributed by atoms with Crippen LogP contribution in [0, 0.1) is 5.92 Å². The predicted octanol–water partition coefficient (Wildman–Crippen LogP) is 0.916. The highest BCUT2D eigenvalue weighted by Gasteiger charge is 2.35. The highest BCUT2D eigenvalue weighted by Crippen LogP contribution is 2.26. The lowest BCUT2D eigenvalue weighted by Gasteiger charge is -2.38. The number of amides is 1. The van der Waals surface area contributed by atoms with E-state index in [0.717, 1.165) is 19.6 Å². The zero-order valence-electron chi connectivity index (χ0n) is 15.3. The largest absolute Gasteiger partial charge is 0.497 e. The maximum atomic E-state index is 12.8. The quantitative estimate of drug-likeness (QED) is 0.839. The van der Waals surface area contributed by atoms with Crippen molar-refractivity contribution < 1.29 is 17.9 Å². The molecule has 2 aliphatic heterocycles. The third kappa shape index (κ3) is 3.87. The van der Waals surface area contributed by atoms with Gasteiger partial charge in [0.25, 0.3) is 0 Å². The second-order valence-electron chi connectivity index (χ2n) is 6.94. The van der Waals surface area contributed by atoms with E-state index in [1.165, 1.54) is 4.31 Å². The number of ether oxygens (including phenoxy) is 1. The topological polar surface area (TPSA) is 79.0 Å². The first-order chi connectivity index (χ1) is 12.4. The molecule has 0 unspecified atom stereocenters. The van der Waals surface area contributed by atoms with E-state index in [1.54, 1.807) is 31.4 Å². The van der Waals surface area contributed by atoms with Gasteiger partial charge in [-0.15, -0.1) is 0 Å². The number of methoxy groups -OCH3 is 1. The molecule has 3 rings (SSSR count). The molecule has 2 aliphatic rings. The summed E-state index contributed by atoms with van der Waals surface area (Å²) in [5.74, 6) is 0.705. The minimum Gasteiger partial charge on any atom is -0.497 e. The van der Waals surface area contributed by atoms with Crippen LogP contribution in [-0.2, 0) is 14.8 Å². The van der Waals surface area contributed by atoms with Crippen LogP contribution in [0.5, 0.6) is 5.75 Å². The molecule has 2 fully saturated rings. The Hall–Kier alpha value is -1.64. The fraction of sp³-hybridized carbons (Fsp3) is 0.611. The van der Waals surface area contributed by atoms with Crippen LogP contribution in [-0.4, -0.2) is 69.4 Å². The lowest BCUT2D eigenvalue weighted by atomic mass is 9.95. The van der Waals surface area contributed by atoms with E-state index < -0.39 is 10.0 Å². The third-order valence-corrected chi connectivity index (χ3v) is 7.20. The van der Waals surface area contributed by atoms with Crippen molar-refractivity contribution in [3.8, 4) is 5.75 Å². The number of carbonyl (C=O) groups excluding carboxylic acids is 1. The second kappa shape index (κ2) is 7.94. The van der Waals surface area contributed by atoms with Crippen molar-refractivity contribution in [3.63, 3.8) is 0 Å². The van der Waals surface area contributed by atoms with Crippen molar-refractivity contribution in [2.45, 2.75) is 30.7 Å². The van der Waals surface area contributed by atoms with Gasteiger partial charge in [-0.25, -0.2) is 8.42 Å². The van der Waals surface area contributed by atoms with Gasteiger partial charge in [-0.1, -0.05) is 0 Å². The van der Waals surface area contributed by atoms with Crippen molar-refractivity contribution in [3.05, 3.63) is 24.3 Å². The lowest BCUT2D eigenvalue weighted by Crippen LogP contribution is -2.55. The van der Waals surface area contributed by atoms with E-state index in [4.69, 9.17) is 4.74 Å². The number of carbonyl (C=O) groups is 1. The standard InChI is InChI=1S/C18H27N3O4S/c1-14-13-19-9-12-21(14)18(22)15-7-10-20(11-8-15)26(23,24)17-5-3-16(25-2)4-6-17/h3-6,14-15,19H,7-13H2,1-2H3/t14-/m1/s1. The van der Waals surface area contributed by atoms with Crippen LogP contribution in [0.15, 0.2) is 29.2 Å². The Morgan fingerprint density at radius 3 is 2.38 bits per heavy atom. The first-order valence-corrected chi connectivity index (χ1v) is 10.5. The van der Waals surface area contributed by atoms with Crippen LogP contribution in [0.3, 0.4) is 0 Å². The molecule has 2 heterocycles. The van der Waals surface area contributed by atoms with Crippen LogP contribution < -0.4 is 10.1 Å². The maximum Gasteiger partial charge on any atom is 0.243 e. The summed E-state index contributed by atoms with van der Waals surface area (Å²) in [6.45, 7) is 5.17. The minimum absolute atomic E-state index is 0.0853. The summed E-state index contributed by atoms with van der Waals surface area (Å²) < 4.78 is 32.2. The molecule has 0 radical (unpaired) electrons. The molecule has 8 heteroatoms. The smallest absolute Gasteiger partial charge is 0.243 e. The molecule has 1 N–H and O–H groups in total. The number of hydrogen-bond donors (Lipinski definition) is 1. The lowest BCUT2D eigenvalue weighted by molar-refractivity contribution is -0.139. The second-order valence-corrected chi connectivity index (χ2v) is 8.88. The van der Waals surface area contributed by atoms with Gasteiger partial charge in [0.05, 0.1) is 12.0 Å². The SMILES string of the molecule is COc1ccc(S(=O)(=O)N2CCC(C(=O)N3CCNC[C@H]3C)CC2)cc1. The molecule has 1 aromatic carbocycles. The number of piperidine rings is 1. The van der Waals surface area contributed by atoms with Gasteiger partial charge in [-0.2, -0.15) is 4.31 Å². The van der Waals surface area contributed by atoms with Crippen LogP contribution >= 0.6 is 0 Å². The number of nitrogens with one attached hydrogen (secondary N) is 1. The van der Waals surface area contributed by atoms with Crippen molar-refractivity contribution in [2.75, 3.05) is 39.8 Å². The van der Waals surface area contributed by atoms with Gasteiger partial charge >= 0.3 is 0 Å². The van der Waals surface area contributed by atoms with E-state index in [9.17, 15) is 13.2 Å². The van der Waals surface area contributed by atoms with Crippen molar-refractivity contribution in [2.24, 2.45) is 5.92 Å². The van der Waals surface area contributed by atoms with Gasteiger partial charge in [-0.3, -0.25) is 4.79 Å². The number of rotatable bonds is 4. The Balaban J connectivity index is 1.62. The number of sulfonamides is 1. The van der Waals surface area contributed by atoms with E-state index in [-0.39, 0.29) is 22.8 Å². The molecule has 1 amide bonds. The number of hydrogen-bond acceptors (Lipinski definition) is 5. The Morgan fingerprint density at radius 2 is 1.81 bits per heavy atom. The molecule has 0 aliphatic carbocycles. The number of piperazine rings is 1. The Labute approximate surface area is 155 Å². The van der Waals surface area contributed by atoms with Crippen molar-refractivity contribution in [1.82, 2.24) is 14.5 Å². The van der Waals surface area contributed by atoms with E-state index in [2.05, 4.69) is 5.32 Å².